The van der Waals surface area contributed by atoms with Crippen molar-refractivity contribution in [2.24, 2.45) is 11.8 Å². The highest BCUT2D eigenvalue weighted by molar-refractivity contribution is 5.95. The molecule has 5 heteroatoms. The molecule has 0 bridgehead atoms. The maximum atomic E-state index is 12.1. The van der Waals surface area contributed by atoms with Crippen molar-refractivity contribution in [3.05, 3.63) is 35.4 Å². The molecular formula is C16H21NO4. The Balaban J connectivity index is 1.91. The minimum Gasteiger partial charge on any atom is -0.478 e. The van der Waals surface area contributed by atoms with E-state index in [9.17, 15) is 9.59 Å². The van der Waals surface area contributed by atoms with Crippen LogP contribution in [0.15, 0.2) is 24.3 Å². The zero-order chi connectivity index (χ0) is 15.4. The number of carbonyl (C=O) groups is 2. The van der Waals surface area contributed by atoms with Crippen LogP contribution in [0, 0.1) is 11.8 Å². The molecule has 114 valence electrons. The first-order valence-electron chi connectivity index (χ1n) is 7.22. The molecule has 0 saturated carbocycles. The lowest BCUT2D eigenvalue weighted by Crippen LogP contribution is -2.34. The van der Waals surface area contributed by atoms with Gasteiger partial charge >= 0.3 is 5.97 Å². The van der Waals surface area contributed by atoms with E-state index in [1.54, 1.807) is 0 Å². The van der Waals surface area contributed by atoms with Crippen LogP contribution >= 0.6 is 0 Å². The number of ether oxygens (including phenoxy) is 1. The second-order valence-electron chi connectivity index (χ2n) is 5.72. The van der Waals surface area contributed by atoms with Crippen molar-refractivity contribution in [1.29, 1.82) is 0 Å². The van der Waals surface area contributed by atoms with Crippen LogP contribution in [0.1, 0.15) is 41.0 Å². The molecular weight excluding hydrogens is 270 g/mol. The van der Waals surface area contributed by atoms with Gasteiger partial charge in [0.15, 0.2) is 0 Å². The molecule has 2 atom stereocenters. The zero-order valence-electron chi connectivity index (χ0n) is 12.3. The molecule has 0 spiro atoms. The quantitative estimate of drug-likeness (QED) is 0.872. The van der Waals surface area contributed by atoms with E-state index in [-0.39, 0.29) is 17.6 Å². The number of amides is 1. The molecule has 5 nitrogen and oxygen atoms in total. The molecule has 0 unspecified atom stereocenters. The van der Waals surface area contributed by atoms with Gasteiger partial charge in [-0.3, -0.25) is 4.79 Å². The number of rotatable bonds is 5. The Bertz CT molecular complexity index is 510. The molecule has 1 fully saturated rings. The van der Waals surface area contributed by atoms with Crippen molar-refractivity contribution in [2.75, 3.05) is 13.2 Å². The number of nitrogens with one attached hydrogen (secondary N) is 1. The van der Waals surface area contributed by atoms with Crippen LogP contribution in [0.5, 0.6) is 0 Å². The molecule has 1 aliphatic heterocycles. The molecule has 1 aliphatic rings. The third-order valence-corrected chi connectivity index (χ3v) is 3.84. The number of benzene rings is 1. The fraction of sp³-hybridized carbons (Fsp3) is 0.500. The summed E-state index contributed by atoms with van der Waals surface area (Å²) in [6.07, 6.45) is 1.15. The third kappa shape index (κ3) is 3.82. The fourth-order valence-corrected chi connectivity index (χ4v) is 2.70. The van der Waals surface area contributed by atoms with E-state index < -0.39 is 5.97 Å². The standard InChI is InChI=1S/C16H21NO4/c1-10(2)14-13(7-8-21-14)9-17-15(18)11-3-5-12(6-4-11)16(19)20/h3-6,10,13-14H,7-9H2,1-2H3,(H,17,18)(H,19,20)/t13-,14-/m0/s1. The highest BCUT2D eigenvalue weighted by Crippen LogP contribution is 2.26. The van der Waals surface area contributed by atoms with Gasteiger partial charge in [0.25, 0.3) is 5.91 Å². The maximum absolute atomic E-state index is 12.1. The Morgan fingerprint density at radius 1 is 1.29 bits per heavy atom. The number of aromatic carboxylic acids is 1. The molecule has 0 radical (unpaired) electrons. The van der Waals surface area contributed by atoms with Gasteiger partial charge in [-0.2, -0.15) is 0 Å². The summed E-state index contributed by atoms with van der Waals surface area (Å²) < 4.78 is 5.69. The molecule has 2 rings (SSSR count). The number of carbonyl (C=O) groups excluding carboxylic acids is 1. The van der Waals surface area contributed by atoms with Crippen LogP contribution in [0.3, 0.4) is 0 Å². The predicted molar refractivity (Wildman–Crippen MR) is 78.4 cm³/mol. The van der Waals surface area contributed by atoms with Crippen molar-refractivity contribution in [3.63, 3.8) is 0 Å². The molecule has 1 aromatic rings. The van der Waals surface area contributed by atoms with Gasteiger partial charge in [-0.25, -0.2) is 4.79 Å². The summed E-state index contributed by atoms with van der Waals surface area (Å²) in [5, 5.41) is 11.7. The number of hydrogen-bond acceptors (Lipinski definition) is 3. The summed E-state index contributed by atoms with van der Waals surface area (Å²) in [6, 6.07) is 5.94. The van der Waals surface area contributed by atoms with Gasteiger partial charge in [-0.05, 0) is 36.6 Å². The van der Waals surface area contributed by atoms with Gasteiger partial charge in [0, 0.05) is 24.6 Å². The number of carboxylic acids is 1. The van der Waals surface area contributed by atoms with Gasteiger partial charge < -0.3 is 15.2 Å². The Hall–Kier alpha value is -1.88. The summed E-state index contributed by atoms with van der Waals surface area (Å²) >= 11 is 0. The van der Waals surface area contributed by atoms with Crippen molar-refractivity contribution in [1.82, 2.24) is 5.32 Å². The number of hydrogen-bond donors (Lipinski definition) is 2. The fourth-order valence-electron chi connectivity index (χ4n) is 2.70. The first-order valence-corrected chi connectivity index (χ1v) is 7.22. The summed E-state index contributed by atoms with van der Waals surface area (Å²) in [5.74, 6) is -0.400. The second-order valence-corrected chi connectivity index (χ2v) is 5.72. The highest BCUT2D eigenvalue weighted by atomic mass is 16.5. The minimum atomic E-state index is -0.996. The second kappa shape index (κ2) is 6.72. The lowest BCUT2D eigenvalue weighted by atomic mass is 9.93. The predicted octanol–water partition coefficient (Wildman–Crippen LogP) is 2.18. The highest BCUT2D eigenvalue weighted by Gasteiger charge is 2.30. The molecule has 2 N–H and O–H groups in total. The normalized spacial score (nSPS) is 21.5. The van der Waals surface area contributed by atoms with Gasteiger partial charge in [-0.15, -0.1) is 0 Å². The first-order chi connectivity index (χ1) is 9.99. The van der Waals surface area contributed by atoms with Crippen LogP contribution in [0.25, 0.3) is 0 Å². The van der Waals surface area contributed by atoms with Crippen molar-refractivity contribution in [2.45, 2.75) is 26.4 Å². The SMILES string of the molecule is CC(C)[C@@H]1OCC[C@H]1CNC(=O)c1ccc(C(=O)O)cc1. The minimum absolute atomic E-state index is 0.176. The van der Waals surface area contributed by atoms with E-state index in [0.717, 1.165) is 13.0 Å². The van der Waals surface area contributed by atoms with E-state index >= 15 is 0 Å². The Labute approximate surface area is 124 Å². The largest absolute Gasteiger partial charge is 0.478 e. The van der Waals surface area contributed by atoms with Crippen LogP contribution in [-0.4, -0.2) is 36.2 Å². The van der Waals surface area contributed by atoms with Crippen molar-refractivity contribution in [3.8, 4) is 0 Å². The van der Waals surface area contributed by atoms with Crippen LogP contribution < -0.4 is 5.32 Å². The summed E-state index contributed by atoms with van der Waals surface area (Å²) in [4.78, 5) is 22.8. The molecule has 1 heterocycles. The van der Waals surface area contributed by atoms with Gasteiger partial charge in [0.05, 0.1) is 11.7 Å². The first kappa shape index (κ1) is 15.5. The average molecular weight is 291 g/mol. The smallest absolute Gasteiger partial charge is 0.335 e. The van der Waals surface area contributed by atoms with Crippen LogP contribution in [0.2, 0.25) is 0 Å². The van der Waals surface area contributed by atoms with E-state index in [1.165, 1.54) is 24.3 Å². The van der Waals surface area contributed by atoms with E-state index in [4.69, 9.17) is 9.84 Å². The van der Waals surface area contributed by atoms with Crippen molar-refractivity contribution < 1.29 is 19.4 Å². The van der Waals surface area contributed by atoms with Crippen LogP contribution in [0.4, 0.5) is 0 Å². The topological polar surface area (TPSA) is 75.6 Å². The summed E-state index contributed by atoms with van der Waals surface area (Å²) in [6.45, 7) is 5.57. The molecule has 1 amide bonds. The van der Waals surface area contributed by atoms with E-state index in [2.05, 4.69) is 19.2 Å². The lowest BCUT2D eigenvalue weighted by molar-refractivity contribution is 0.0533. The number of carboxylic acid groups (broad SMARTS) is 1. The molecule has 0 aromatic heterocycles. The monoisotopic (exact) mass is 291 g/mol. The Kier molecular flexibility index (Phi) is 4.96. The molecule has 1 saturated heterocycles. The van der Waals surface area contributed by atoms with Gasteiger partial charge in [0.1, 0.15) is 0 Å². The summed E-state index contributed by atoms with van der Waals surface area (Å²) in [5.41, 5.74) is 0.649. The van der Waals surface area contributed by atoms with Gasteiger partial charge in [0.2, 0.25) is 0 Å². The Morgan fingerprint density at radius 3 is 2.48 bits per heavy atom. The Morgan fingerprint density at radius 2 is 1.90 bits per heavy atom. The van der Waals surface area contributed by atoms with Gasteiger partial charge in [-0.1, -0.05) is 13.8 Å². The summed E-state index contributed by atoms with van der Waals surface area (Å²) in [7, 11) is 0. The van der Waals surface area contributed by atoms with Crippen LogP contribution in [-0.2, 0) is 4.74 Å². The average Bonchev–Trinajstić information content (AvgIpc) is 2.93. The third-order valence-electron chi connectivity index (χ3n) is 3.84. The zero-order valence-corrected chi connectivity index (χ0v) is 12.3. The lowest BCUT2D eigenvalue weighted by Gasteiger charge is -2.22. The molecule has 1 aromatic carbocycles. The van der Waals surface area contributed by atoms with E-state index in [1.807, 2.05) is 0 Å². The molecule has 0 aliphatic carbocycles. The van der Waals surface area contributed by atoms with Crippen molar-refractivity contribution >= 4 is 11.9 Å². The maximum Gasteiger partial charge on any atom is 0.335 e. The molecule has 21 heavy (non-hydrogen) atoms. The van der Waals surface area contributed by atoms with E-state index in [0.29, 0.717) is 23.9 Å².